The van der Waals surface area contributed by atoms with E-state index >= 15 is 0 Å². The van der Waals surface area contributed by atoms with Gasteiger partial charge in [-0.05, 0) is 35.4 Å². The largest absolute Gasteiger partial charge is 0.417 e. The van der Waals surface area contributed by atoms with Gasteiger partial charge in [-0.15, -0.1) is 0 Å². The van der Waals surface area contributed by atoms with Gasteiger partial charge in [0.05, 0.1) is 17.3 Å². The number of hydrogen-bond acceptors (Lipinski definition) is 2. The molecule has 0 heterocycles. The minimum Gasteiger partial charge on any atom is -0.411 e. The molecule has 0 bridgehead atoms. The van der Waals surface area contributed by atoms with Crippen molar-refractivity contribution in [3.05, 3.63) is 53.6 Å². The van der Waals surface area contributed by atoms with Gasteiger partial charge < -0.3 is 5.21 Å². The van der Waals surface area contributed by atoms with Crippen LogP contribution in [0.2, 0.25) is 0 Å². The van der Waals surface area contributed by atoms with E-state index in [0.717, 1.165) is 18.4 Å². The molecule has 0 saturated carbocycles. The van der Waals surface area contributed by atoms with Crippen LogP contribution in [0.1, 0.15) is 16.7 Å². The average molecular weight is 309 g/mol. The maximum absolute atomic E-state index is 12.9. The van der Waals surface area contributed by atoms with E-state index in [1.165, 1.54) is 0 Å². The first-order valence-electron chi connectivity index (χ1n) is 5.40. The van der Waals surface area contributed by atoms with Gasteiger partial charge in [0, 0.05) is 0 Å². The number of oxime groups is 1. The lowest BCUT2D eigenvalue weighted by molar-refractivity contribution is -0.141. The first kappa shape index (κ1) is 16.8. The SMILES string of the molecule is C=C/C(=C\C=NO)c1cc(C(F)(F)F)ccc1C(F)(F)F. The molecule has 0 aliphatic heterocycles. The summed E-state index contributed by atoms with van der Waals surface area (Å²) in [5, 5.41) is 10.8. The van der Waals surface area contributed by atoms with Crippen molar-refractivity contribution in [1.82, 2.24) is 0 Å². The van der Waals surface area contributed by atoms with E-state index in [0.29, 0.717) is 18.2 Å². The normalized spacial score (nSPS) is 13.7. The van der Waals surface area contributed by atoms with Crippen molar-refractivity contribution < 1.29 is 31.5 Å². The van der Waals surface area contributed by atoms with Crippen molar-refractivity contribution in [3.63, 3.8) is 0 Å². The Balaban J connectivity index is 3.60. The molecular formula is C13H9F6NO. The lowest BCUT2D eigenvalue weighted by atomic mass is 9.96. The van der Waals surface area contributed by atoms with Gasteiger partial charge in [-0.1, -0.05) is 17.8 Å². The van der Waals surface area contributed by atoms with Gasteiger partial charge in [-0.3, -0.25) is 0 Å². The van der Waals surface area contributed by atoms with Gasteiger partial charge in [0.15, 0.2) is 0 Å². The molecular weight excluding hydrogens is 300 g/mol. The third-order valence-corrected chi connectivity index (χ3v) is 2.50. The van der Waals surface area contributed by atoms with Gasteiger partial charge in [0.2, 0.25) is 0 Å². The third-order valence-electron chi connectivity index (χ3n) is 2.50. The molecule has 0 amide bonds. The Bertz CT molecular complexity index is 583. The third kappa shape index (κ3) is 4.11. The maximum atomic E-state index is 12.9. The Morgan fingerprint density at radius 1 is 1.10 bits per heavy atom. The van der Waals surface area contributed by atoms with Crippen molar-refractivity contribution in [1.29, 1.82) is 0 Å². The summed E-state index contributed by atoms with van der Waals surface area (Å²) in [6.07, 6.45) is -7.03. The van der Waals surface area contributed by atoms with Crippen LogP contribution in [0.3, 0.4) is 0 Å². The Hall–Kier alpha value is -2.25. The summed E-state index contributed by atoms with van der Waals surface area (Å²) in [5.41, 5.74) is -3.43. The molecule has 21 heavy (non-hydrogen) atoms. The molecule has 1 rings (SSSR count). The minimum atomic E-state index is -4.84. The predicted molar refractivity (Wildman–Crippen MR) is 64.9 cm³/mol. The van der Waals surface area contributed by atoms with Crippen LogP contribution in [0.4, 0.5) is 26.3 Å². The van der Waals surface area contributed by atoms with Crippen LogP contribution in [-0.4, -0.2) is 11.4 Å². The van der Waals surface area contributed by atoms with Gasteiger partial charge in [-0.2, -0.15) is 26.3 Å². The van der Waals surface area contributed by atoms with Crippen LogP contribution in [0, 0.1) is 0 Å². The van der Waals surface area contributed by atoms with Crippen LogP contribution in [0.5, 0.6) is 0 Å². The molecule has 0 aromatic heterocycles. The van der Waals surface area contributed by atoms with Crippen LogP contribution >= 0.6 is 0 Å². The molecule has 0 aliphatic rings. The molecule has 114 valence electrons. The fourth-order valence-corrected chi connectivity index (χ4v) is 1.59. The lowest BCUT2D eigenvalue weighted by Crippen LogP contribution is -2.12. The monoisotopic (exact) mass is 309 g/mol. The van der Waals surface area contributed by atoms with Crippen molar-refractivity contribution in [2.24, 2.45) is 5.16 Å². The second kappa shape index (κ2) is 6.02. The standard InChI is InChI=1S/C13H9F6NO/c1-2-8(5-6-20-21)10-7-9(12(14,15)16)3-4-11(10)13(17,18)19/h2-7,21H,1H2/b8-5+,20-6?. The molecule has 1 aromatic carbocycles. The van der Waals surface area contributed by atoms with Crippen molar-refractivity contribution in [2.45, 2.75) is 12.4 Å². The Kier molecular flexibility index (Phi) is 4.82. The number of nitrogens with zero attached hydrogens (tertiary/aromatic N) is 1. The number of alkyl halides is 6. The van der Waals surface area contributed by atoms with E-state index in [-0.39, 0.29) is 5.57 Å². The Morgan fingerprint density at radius 3 is 2.14 bits per heavy atom. The summed E-state index contributed by atoms with van der Waals surface area (Å²) in [6, 6.07) is 1.08. The van der Waals surface area contributed by atoms with Crippen LogP contribution in [0.15, 0.2) is 42.1 Å². The van der Waals surface area contributed by atoms with Crippen LogP contribution in [-0.2, 0) is 12.4 Å². The summed E-state index contributed by atoms with van der Waals surface area (Å²) >= 11 is 0. The van der Waals surface area contributed by atoms with E-state index < -0.39 is 29.0 Å². The summed E-state index contributed by atoms with van der Waals surface area (Å²) in [6.45, 7) is 3.25. The average Bonchev–Trinajstić information content (AvgIpc) is 2.37. The first-order valence-corrected chi connectivity index (χ1v) is 5.40. The molecule has 0 radical (unpaired) electrons. The molecule has 0 aliphatic carbocycles. The van der Waals surface area contributed by atoms with E-state index in [1.807, 2.05) is 0 Å². The second-order valence-corrected chi connectivity index (χ2v) is 3.85. The van der Waals surface area contributed by atoms with E-state index in [1.54, 1.807) is 0 Å². The minimum absolute atomic E-state index is 0.258. The zero-order valence-electron chi connectivity index (χ0n) is 10.3. The van der Waals surface area contributed by atoms with Gasteiger partial charge >= 0.3 is 12.4 Å². The van der Waals surface area contributed by atoms with Gasteiger partial charge in [0.25, 0.3) is 0 Å². The number of hydrogen-bond donors (Lipinski definition) is 1. The van der Waals surface area contributed by atoms with Crippen molar-refractivity contribution in [2.75, 3.05) is 0 Å². The number of benzene rings is 1. The molecule has 1 N–H and O–H groups in total. The highest BCUT2D eigenvalue weighted by Crippen LogP contribution is 2.39. The maximum Gasteiger partial charge on any atom is 0.417 e. The highest BCUT2D eigenvalue weighted by atomic mass is 19.4. The Morgan fingerprint density at radius 2 is 1.71 bits per heavy atom. The van der Waals surface area contributed by atoms with Crippen molar-refractivity contribution >= 4 is 11.8 Å². The molecule has 0 fully saturated rings. The highest BCUT2D eigenvalue weighted by molar-refractivity contribution is 5.89. The summed E-state index contributed by atoms with van der Waals surface area (Å²) in [4.78, 5) is 0. The quantitative estimate of drug-likeness (QED) is 0.282. The molecule has 8 heteroatoms. The summed E-state index contributed by atoms with van der Waals surface area (Å²) in [7, 11) is 0. The summed E-state index contributed by atoms with van der Waals surface area (Å²) in [5.74, 6) is 0. The predicted octanol–water partition coefficient (Wildman–Crippen LogP) is 4.75. The highest BCUT2D eigenvalue weighted by Gasteiger charge is 2.37. The van der Waals surface area contributed by atoms with Crippen LogP contribution in [0.25, 0.3) is 5.57 Å². The van der Waals surface area contributed by atoms with Crippen molar-refractivity contribution in [3.8, 4) is 0 Å². The van der Waals surface area contributed by atoms with Gasteiger partial charge in [-0.25, -0.2) is 0 Å². The molecule has 0 saturated heterocycles. The van der Waals surface area contributed by atoms with Gasteiger partial charge in [0.1, 0.15) is 0 Å². The molecule has 1 aromatic rings. The van der Waals surface area contributed by atoms with E-state index in [4.69, 9.17) is 5.21 Å². The van der Waals surface area contributed by atoms with E-state index in [9.17, 15) is 26.3 Å². The lowest BCUT2D eigenvalue weighted by Gasteiger charge is -2.16. The Labute approximate surface area is 115 Å². The molecule has 0 atom stereocenters. The fraction of sp³-hybridized carbons (Fsp3) is 0.154. The smallest absolute Gasteiger partial charge is 0.411 e. The number of halogens is 6. The molecule has 0 unspecified atom stereocenters. The first-order chi connectivity index (χ1) is 9.61. The van der Waals surface area contributed by atoms with Crippen LogP contribution < -0.4 is 0 Å². The number of rotatable bonds is 3. The zero-order valence-corrected chi connectivity index (χ0v) is 10.3. The molecule has 2 nitrogen and oxygen atoms in total. The second-order valence-electron chi connectivity index (χ2n) is 3.85. The summed E-state index contributed by atoms with van der Waals surface area (Å²) < 4.78 is 76.5. The number of allylic oxidation sites excluding steroid dienone is 3. The van der Waals surface area contributed by atoms with E-state index in [2.05, 4.69) is 11.7 Å². The fourth-order valence-electron chi connectivity index (χ4n) is 1.59. The topological polar surface area (TPSA) is 32.6 Å². The molecule has 0 spiro atoms. The zero-order chi connectivity index (χ0) is 16.3.